The predicted molar refractivity (Wildman–Crippen MR) is 58.9 cm³/mol. The van der Waals surface area contributed by atoms with Crippen molar-refractivity contribution < 1.29 is 5.11 Å². The van der Waals surface area contributed by atoms with E-state index in [1.165, 1.54) is 0 Å². The van der Waals surface area contributed by atoms with E-state index in [0.29, 0.717) is 23.6 Å². The topological polar surface area (TPSA) is 75.3 Å². The Balaban J connectivity index is 2.24. The second kappa shape index (κ2) is 4.20. The number of hydrogen-bond donors (Lipinski definition) is 2. The zero-order valence-electron chi connectivity index (χ0n) is 8.23. The number of aliphatic hydroxyl groups excluding tert-OH is 1. The summed E-state index contributed by atoms with van der Waals surface area (Å²) < 4.78 is 0. The molecule has 0 atom stereocenters. The number of hydrogen-bond acceptors (Lipinski definition) is 5. The van der Waals surface area contributed by atoms with Crippen LogP contribution in [0, 0.1) is 0 Å². The van der Waals surface area contributed by atoms with Gasteiger partial charge >= 0.3 is 0 Å². The van der Waals surface area contributed by atoms with Crippen LogP contribution in [0.3, 0.4) is 0 Å². The Morgan fingerprint density at radius 2 is 2.27 bits per heavy atom. The average molecular weight is 229 g/mol. The van der Waals surface area contributed by atoms with Crippen LogP contribution in [0.2, 0.25) is 5.15 Å². The first kappa shape index (κ1) is 10.4. The lowest BCUT2D eigenvalue weighted by Gasteiger charge is -2.22. The number of nitrogens with two attached hydrogens (primary N) is 1. The van der Waals surface area contributed by atoms with Crippen molar-refractivity contribution in [2.75, 3.05) is 23.8 Å². The third-order valence-electron chi connectivity index (χ3n) is 2.32. The summed E-state index contributed by atoms with van der Waals surface area (Å²) >= 11 is 5.80. The van der Waals surface area contributed by atoms with E-state index >= 15 is 0 Å². The summed E-state index contributed by atoms with van der Waals surface area (Å²) in [7, 11) is 0. The van der Waals surface area contributed by atoms with Crippen LogP contribution in [0.1, 0.15) is 12.8 Å². The summed E-state index contributed by atoms with van der Waals surface area (Å²) in [5, 5.41) is 9.30. The van der Waals surface area contributed by atoms with Crippen LogP contribution in [-0.2, 0) is 0 Å². The van der Waals surface area contributed by atoms with Crippen molar-refractivity contribution in [2.45, 2.75) is 18.9 Å². The van der Waals surface area contributed by atoms with E-state index in [9.17, 15) is 0 Å². The molecule has 1 saturated carbocycles. The molecular weight excluding hydrogens is 216 g/mol. The standard InChI is InChI=1S/C9H13ClN4O/c10-7-5-8(13-9(11)12-7)14(3-4-15)6-1-2-6/h5-6,15H,1-4H2,(H2,11,12,13). The van der Waals surface area contributed by atoms with Gasteiger partial charge in [0.05, 0.1) is 6.61 Å². The van der Waals surface area contributed by atoms with Gasteiger partial charge in [0, 0.05) is 18.7 Å². The summed E-state index contributed by atoms with van der Waals surface area (Å²) in [6.07, 6.45) is 2.25. The van der Waals surface area contributed by atoms with Crippen LogP contribution in [0.5, 0.6) is 0 Å². The molecule has 3 N–H and O–H groups in total. The monoisotopic (exact) mass is 228 g/mol. The third-order valence-corrected chi connectivity index (χ3v) is 2.52. The van der Waals surface area contributed by atoms with Crippen molar-refractivity contribution in [3.63, 3.8) is 0 Å². The van der Waals surface area contributed by atoms with Crippen molar-refractivity contribution in [3.05, 3.63) is 11.2 Å². The molecule has 1 aromatic heterocycles. The molecule has 0 spiro atoms. The van der Waals surface area contributed by atoms with Gasteiger partial charge in [-0.3, -0.25) is 0 Å². The van der Waals surface area contributed by atoms with Gasteiger partial charge in [0.1, 0.15) is 11.0 Å². The highest BCUT2D eigenvalue weighted by Crippen LogP contribution is 2.31. The Morgan fingerprint density at radius 3 is 2.80 bits per heavy atom. The summed E-state index contributed by atoms with van der Waals surface area (Å²) in [4.78, 5) is 9.93. The van der Waals surface area contributed by atoms with Crippen molar-refractivity contribution in [1.82, 2.24) is 9.97 Å². The van der Waals surface area contributed by atoms with Gasteiger partial charge in [-0.2, -0.15) is 4.98 Å². The van der Waals surface area contributed by atoms with Crippen molar-refractivity contribution in [1.29, 1.82) is 0 Å². The maximum atomic E-state index is 8.96. The molecule has 5 nitrogen and oxygen atoms in total. The van der Waals surface area contributed by atoms with Gasteiger partial charge in [-0.15, -0.1) is 0 Å². The molecule has 0 amide bonds. The Labute approximate surface area is 92.9 Å². The molecular formula is C9H13ClN4O. The molecule has 0 bridgehead atoms. The Hall–Kier alpha value is -1.07. The van der Waals surface area contributed by atoms with Crippen molar-refractivity contribution in [2.24, 2.45) is 0 Å². The first-order chi connectivity index (χ1) is 7.20. The molecule has 0 radical (unpaired) electrons. The van der Waals surface area contributed by atoms with Crippen LogP contribution in [0.25, 0.3) is 0 Å². The fourth-order valence-corrected chi connectivity index (χ4v) is 1.73. The molecule has 6 heteroatoms. The third kappa shape index (κ3) is 2.49. The zero-order valence-corrected chi connectivity index (χ0v) is 8.98. The molecule has 82 valence electrons. The molecule has 1 aliphatic carbocycles. The largest absolute Gasteiger partial charge is 0.395 e. The summed E-state index contributed by atoms with van der Waals surface area (Å²) in [6, 6.07) is 2.13. The van der Waals surface area contributed by atoms with Gasteiger partial charge in [0.2, 0.25) is 5.95 Å². The zero-order chi connectivity index (χ0) is 10.8. The first-order valence-corrected chi connectivity index (χ1v) is 5.26. The number of aliphatic hydroxyl groups is 1. The van der Waals surface area contributed by atoms with E-state index in [0.717, 1.165) is 12.8 Å². The molecule has 0 aromatic carbocycles. The quantitative estimate of drug-likeness (QED) is 0.741. The number of nitrogens with zero attached hydrogens (tertiary/aromatic N) is 3. The minimum Gasteiger partial charge on any atom is -0.395 e. The SMILES string of the molecule is Nc1nc(Cl)cc(N(CCO)C2CC2)n1. The molecule has 2 rings (SSSR count). The van der Waals surface area contributed by atoms with Crippen molar-refractivity contribution >= 4 is 23.4 Å². The smallest absolute Gasteiger partial charge is 0.223 e. The van der Waals surface area contributed by atoms with Gasteiger partial charge in [-0.05, 0) is 12.8 Å². The molecule has 1 fully saturated rings. The van der Waals surface area contributed by atoms with Crippen LogP contribution in [-0.4, -0.2) is 34.3 Å². The van der Waals surface area contributed by atoms with Crippen molar-refractivity contribution in [3.8, 4) is 0 Å². The second-order valence-corrected chi connectivity index (χ2v) is 3.94. The Kier molecular flexibility index (Phi) is 2.93. The van der Waals surface area contributed by atoms with Gasteiger partial charge < -0.3 is 15.7 Å². The average Bonchev–Trinajstić information content (AvgIpc) is 2.95. The molecule has 0 unspecified atom stereocenters. The lowest BCUT2D eigenvalue weighted by molar-refractivity contribution is 0.301. The number of nitrogen functional groups attached to an aromatic ring is 1. The van der Waals surface area contributed by atoms with E-state index in [-0.39, 0.29) is 12.6 Å². The molecule has 0 aliphatic heterocycles. The van der Waals surface area contributed by atoms with E-state index < -0.39 is 0 Å². The van der Waals surface area contributed by atoms with Gasteiger partial charge in [-0.1, -0.05) is 11.6 Å². The lowest BCUT2D eigenvalue weighted by Crippen LogP contribution is -2.30. The van der Waals surface area contributed by atoms with Gasteiger partial charge in [0.25, 0.3) is 0 Å². The molecule has 1 heterocycles. The summed E-state index contributed by atoms with van der Waals surface area (Å²) in [5.74, 6) is 0.866. The number of rotatable bonds is 4. The van der Waals surface area contributed by atoms with Crippen LogP contribution >= 0.6 is 11.6 Å². The number of halogens is 1. The second-order valence-electron chi connectivity index (χ2n) is 3.56. The van der Waals surface area contributed by atoms with E-state index in [2.05, 4.69) is 9.97 Å². The highest BCUT2D eigenvalue weighted by atomic mass is 35.5. The lowest BCUT2D eigenvalue weighted by atomic mass is 10.4. The van der Waals surface area contributed by atoms with E-state index in [1.54, 1.807) is 6.07 Å². The first-order valence-electron chi connectivity index (χ1n) is 4.88. The fourth-order valence-electron chi connectivity index (χ4n) is 1.55. The number of anilines is 2. The normalized spacial score (nSPS) is 15.3. The Morgan fingerprint density at radius 1 is 1.53 bits per heavy atom. The summed E-state index contributed by atoms with van der Waals surface area (Å²) in [5.41, 5.74) is 5.52. The van der Waals surface area contributed by atoms with Crippen LogP contribution in [0.15, 0.2) is 6.07 Å². The van der Waals surface area contributed by atoms with E-state index in [4.69, 9.17) is 22.4 Å². The molecule has 1 aromatic rings. The van der Waals surface area contributed by atoms with Crippen LogP contribution < -0.4 is 10.6 Å². The molecule has 15 heavy (non-hydrogen) atoms. The maximum absolute atomic E-state index is 8.96. The molecule has 1 aliphatic rings. The highest BCUT2D eigenvalue weighted by Gasteiger charge is 2.29. The Bertz CT molecular complexity index is 336. The highest BCUT2D eigenvalue weighted by molar-refractivity contribution is 6.29. The van der Waals surface area contributed by atoms with Gasteiger partial charge in [0.15, 0.2) is 0 Å². The minimum atomic E-state index is 0.0953. The van der Waals surface area contributed by atoms with Crippen LogP contribution in [0.4, 0.5) is 11.8 Å². The molecule has 0 saturated heterocycles. The van der Waals surface area contributed by atoms with E-state index in [1.807, 2.05) is 4.90 Å². The minimum absolute atomic E-state index is 0.0953. The number of aromatic nitrogens is 2. The predicted octanol–water partition coefficient (Wildman–Crippen LogP) is 0.673. The van der Waals surface area contributed by atoms with Gasteiger partial charge in [-0.25, -0.2) is 4.98 Å². The summed E-state index contributed by atoms with van der Waals surface area (Å²) in [6.45, 7) is 0.648. The maximum Gasteiger partial charge on any atom is 0.223 e. The fraction of sp³-hybridized carbons (Fsp3) is 0.556.